The lowest BCUT2D eigenvalue weighted by Crippen LogP contribution is -2.28. The van der Waals surface area contributed by atoms with E-state index in [0.717, 1.165) is 38.5 Å². The number of hydrogen-bond donors (Lipinski definition) is 0. The number of carbonyl (C=O) groups excluding carboxylic acids is 2. The van der Waals surface area contributed by atoms with Gasteiger partial charge >= 0.3 is 0 Å². The Balaban J connectivity index is 1.62. The summed E-state index contributed by atoms with van der Waals surface area (Å²) in [4.78, 5) is 26.4. The van der Waals surface area contributed by atoms with Crippen molar-refractivity contribution in [1.82, 2.24) is 0 Å². The summed E-state index contributed by atoms with van der Waals surface area (Å²) in [6.45, 7) is 2.77. The molecule has 29 heavy (non-hydrogen) atoms. The monoisotopic (exact) mass is 396 g/mol. The van der Waals surface area contributed by atoms with Gasteiger partial charge in [-0.2, -0.15) is 0 Å². The van der Waals surface area contributed by atoms with E-state index in [1.165, 1.54) is 44.9 Å². The van der Waals surface area contributed by atoms with Crippen molar-refractivity contribution < 1.29 is 14.3 Å². The molecule has 0 aromatic heterocycles. The van der Waals surface area contributed by atoms with E-state index in [4.69, 9.17) is 4.74 Å². The molecule has 0 aliphatic heterocycles. The van der Waals surface area contributed by atoms with Crippen molar-refractivity contribution in [3.8, 4) is 0 Å². The molecule has 2 aliphatic rings. The molecule has 1 saturated carbocycles. The van der Waals surface area contributed by atoms with Crippen LogP contribution in [0.5, 0.6) is 0 Å². The zero-order valence-electron chi connectivity index (χ0n) is 18.0. The first-order valence-corrected chi connectivity index (χ1v) is 11.8. The van der Waals surface area contributed by atoms with Crippen LogP contribution in [-0.4, -0.2) is 18.2 Å². The molecule has 1 fully saturated rings. The smallest absolute Gasteiger partial charge is 0.228 e. The number of rotatable bonds is 11. The first kappa shape index (κ1) is 21.8. The second-order valence-corrected chi connectivity index (χ2v) is 8.60. The highest BCUT2D eigenvalue weighted by atomic mass is 16.5. The minimum atomic E-state index is -0.0969. The number of hydrogen-bond acceptors (Lipinski definition) is 3. The zero-order chi connectivity index (χ0) is 20.5. The molecule has 0 N–H and O–H groups in total. The Kier molecular flexibility index (Phi) is 8.52. The molecule has 0 atom stereocenters. The van der Waals surface area contributed by atoms with Gasteiger partial charge in [0.05, 0.1) is 6.61 Å². The van der Waals surface area contributed by atoms with Crippen LogP contribution in [0, 0.1) is 5.92 Å². The van der Waals surface area contributed by atoms with Gasteiger partial charge in [0.1, 0.15) is 0 Å². The van der Waals surface area contributed by atoms with Gasteiger partial charge in [-0.15, -0.1) is 0 Å². The Morgan fingerprint density at radius 3 is 2.03 bits per heavy atom. The number of ketones is 2. The maximum Gasteiger partial charge on any atom is 0.228 e. The zero-order valence-corrected chi connectivity index (χ0v) is 18.0. The highest BCUT2D eigenvalue weighted by Gasteiger charge is 2.37. The van der Waals surface area contributed by atoms with Crippen LogP contribution in [0.15, 0.2) is 35.6 Å². The van der Waals surface area contributed by atoms with Crippen LogP contribution in [0.3, 0.4) is 0 Å². The Morgan fingerprint density at radius 2 is 1.38 bits per heavy atom. The second kappa shape index (κ2) is 11.3. The van der Waals surface area contributed by atoms with E-state index in [2.05, 4.69) is 6.92 Å². The molecular weight excluding hydrogens is 360 g/mol. The van der Waals surface area contributed by atoms with Crippen LogP contribution < -0.4 is 0 Å². The molecule has 3 heteroatoms. The number of allylic oxidation sites excluding steroid dienone is 2. The molecular formula is C26H36O3. The van der Waals surface area contributed by atoms with Gasteiger partial charge < -0.3 is 4.74 Å². The molecule has 0 saturated heterocycles. The third-order valence-corrected chi connectivity index (χ3v) is 6.37. The Hall–Kier alpha value is -1.90. The van der Waals surface area contributed by atoms with Crippen LogP contribution in [-0.2, 0) is 4.74 Å². The summed E-state index contributed by atoms with van der Waals surface area (Å²) < 4.78 is 6.04. The third-order valence-electron chi connectivity index (χ3n) is 6.37. The van der Waals surface area contributed by atoms with Gasteiger partial charge in [0.25, 0.3) is 0 Å². The van der Waals surface area contributed by atoms with Gasteiger partial charge in [0.15, 0.2) is 11.5 Å². The number of unbranched alkanes of at least 4 members (excludes halogenated alkanes) is 7. The fourth-order valence-corrected chi connectivity index (χ4v) is 4.69. The normalized spacial score (nSPS) is 17.6. The number of benzene rings is 1. The van der Waals surface area contributed by atoms with Gasteiger partial charge in [0.2, 0.25) is 5.78 Å². The van der Waals surface area contributed by atoms with E-state index < -0.39 is 0 Å². The lowest BCUT2D eigenvalue weighted by molar-refractivity contribution is 0.0852. The highest BCUT2D eigenvalue weighted by Crippen LogP contribution is 2.38. The van der Waals surface area contributed by atoms with Crippen molar-refractivity contribution in [2.24, 2.45) is 5.92 Å². The lowest BCUT2D eigenvalue weighted by atomic mass is 9.76. The van der Waals surface area contributed by atoms with Gasteiger partial charge in [-0.25, -0.2) is 0 Å². The van der Waals surface area contributed by atoms with Gasteiger partial charge in [-0.1, -0.05) is 95.4 Å². The molecule has 0 heterocycles. The van der Waals surface area contributed by atoms with E-state index in [1.54, 1.807) is 12.1 Å². The SMILES string of the molecule is CCCCCCCCCCOC1=C(C2CCCCC2)C(=O)c2ccccc2C1=O. The molecule has 158 valence electrons. The minimum Gasteiger partial charge on any atom is -0.489 e. The fourth-order valence-electron chi connectivity index (χ4n) is 4.69. The van der Waals surface area contributed by atoms with Crippen LogP contribution in [0.2, 0.25) is 0 Å². The van der Waals surface area contributed by atoms with Crippen molar-refractivity contribution in [2.75, 3.05) is 6.61 Å². The standard InChI is InChI=1S/C26H36O3/c1-2-3-4-5-6-7-8-14-19-29-26-23(20-15-10-9-11-16-20)24(27)21-17-12-13-18-22(21)25(26)28/h12-13,17-18,20H,2-11,14-16,19H2,1H3. The molecule has 0 unspecified atom stereocenters. The predicted octanol–water partition coefficient (Wildman–Crippen LogP) is 7.06. The Bertz CT molecular complexity index is 725. The van der Waals surface area contributed by atoms with E-state index in [-0.39, 0.29) is 17.5 Å². The Morgan fingerprint density at radius 1 is 0.793 bits per heavy atom. The topological polar surface area (TPSA) is 43.4 Å². The maximum absolute atomic E-state index is 13.2. The molecule has 0 bridgehead atoms. The summed E-state index contributed by atoms with van der Waals surface area (Å²) in [6, 6.07) is 7.21. The van der Waals surface area contributed by atoms with E-state index >= 15 is 0 Å². The van der Waals surface area contributed by atoms with Crippen molar-refractivity contribution in [1.29, 1.82) is 0 Å². The average molecular weight is 397 g/mol. The van der Waals surface area contributed by atoms with Crippen LogP contribution in [0.25, 0.3) is 0 Å². The molecule has 2 aliphatic carbocycles. The quantitative estimate of drug-likeness (QED) is 0.376. The summed E-state index contributed by atoms with van der Waals surface area (Å²) in [5, 5.41) is 0. The molecule has 3 nitrogen and oxygen atoms in total. The van der Waals surface area contributed by atoms with Crippen molar-refractivity contribution >= 4 is 11.6 Å². The molecule has 1 aromatic rings. The van der Waals surface area contributed by atoms with Gasteiger partial charge in [-0.05, 0) is 25.2 Å². The largest absolute Gasteiger partial charge is 0.489 e. The number of ether oxygens (including phenoxy) is 1. The van der Waals surface area contributed by atoms with Crippen LogP contribution in [0.1, 0.15) is 111 Å². The summed E-state index contributed by atoms with van der Waals surface area (Å²) in [5.74, 6) is 0.434. The number of Topliss-reactive ketones (excluding diaryl/α,β-unsaturated/α-hetero) is 2. The second-order valence-electron chi connectivity index (χ2n) is 8.60. The molecule has 0 spiro atoms. The minimum absolute atomic E-state index is 0.0121. The molecule has 1 aromatic carbocycles. The summed E-state index contributed by atoms with van der Waals surface area (Å²) in [6.07, 6.45) is 15.3. The first-order chi connectivity index (χ1) is 14.2. The van der Waals surface area contributed by atoms with Gasteiger partial charge in [0, 0.05) is 16.7 Å². The van der Waals surface area contributed by atoms with Crippen molar-refractivity contribution in [3.05, 3.63) is 46.7 Å². The number of fused-ring (bicyclic) bond motifs is 1. The van der Waals surface area contributed by atoms with Crippen LogP contribution in [0.4, 0.5) is 0 Å². The van der Waals surface area contributed by atoms with Crippen molar-refractivity contribution in [2.45, 2.75) is 90.4 Å². The van der Waals surface area contributed by atoms with E-state index in [0.29, 0.717) is 29.1 Å². The molecule has 3 rings (SSSR count). The fraction of sp³-hybridized carbons (Fsp3) is 0.615. The van der Waals surface area contributed by atoms with Crippen LogP contribution >= 0.6 is 0 Å². The molecule has 0 amide bonds. The van der Waals surface area contributed by atoms with E-state index in [1.807, 2.05) is 12.1 Å². The summed E-state index contributed by atoms with van der Waals surface area (Å²) in [7, 11) is 0. The lowest BCUT2D eigenvalue weighted by Gasteiger charge is -2.29. The predicted molar refractivity (Wildman–Crippen MR) is 117 cm³/mol. The first-order valence-electron chi connectivity index (χ1n) is 11.8. The summed E-state index contributed by atoms with van der Waals surface area (Å²) >= 11 is 0. The average Bonchev–Trinajstić information content (AvgIpc) is 2.76. The highest BCUT2D eigenvalue weighted by molar-refractivity contribution is 6.26. The third kappa shape index (κ3) is 5.58. The van der Waals surface area contributed by atoms with Gasteiger partial charge in [-0.3, -0.25) is 9.59 Å². The molecule has 0 radical (unpaired) electrons. The Labute approximate surface area is 175 Å². The van der Waals surface area contributed by atoms with E-state index in [9.17, 15) is 9.59 Å². The summed E-state index contributed by atoms with van der Waals surface area (Å²) in [5.41, 5.74) is 1.72. The van der Waals surface area contributed by atoms with Crippen molar-refractivity contribution in [3.63, 3.8) is 0 Å². The maximum atomic E-state index is 13.2. The number of carbonyl (C=O) groups is 2.